The van der Waals surface area contributed by atoms with Gasteiger partial charge in [-0.15, -0.1) is 0 Å². The number of thiol groups is 1. The topological polar surface area (TPSA) is 67.8 Å². The average molecular weight is 378 g/mol. The lowest BCUT2D eigenvalue weighted by molar-refractivity contribution is -0.143. The van der Waals surface area contributed by atoms with E-state index in [0.717, 1.165) is 17.7 Å². The van der Waals surface area contributed by atoms with Crippen LogP contribution in [0, 0.1) is 5.92 Å². The molecule has 0 spiro atoms. The molecular weight excluding hydrogens is 350 g/mol. The molecule has 1 aromatic rings. The van der Waals surface area contributed by atoms with Gasteiger partial charge in [0.05, 0.1) is 11.5 Å². The van der Waals surface area contributed by atoms with Crippen LogP contribution >= 0.6 is 10.9 Å². The molecule has 0 amide bonds. The Hall–Kier alpha value is -1.76. The molecule has 2 aliphatic rings. The predicted octanol–water partition coefficient (Wildman–Crippen LogP) is 3.56. The molecule has 3 rings (SSSR count). The Balaban J connectivity index is 1.62. The van der Waals surface area contributed by atoms with Crippen molar-refractivity contribution >= 4 is 16.9 Å². The molecule has 2 heterocycles. The van der Waals surface area contributed by atoms with Gasteiger partial charge in [0.1, 0.15) is 17.9 Å². The average Bonchev–Trinajstić information content (AvgIpc) is 3.23. The minimum absolute atomic E-state index is 0.0149. The summed E-state index contributed by atoms with van der Waals surface area (Å²) in [6, 6.07) is 9.46. The summed E-state index contributed by atoms with van der Waals surface area (Å²) in [5.41, 5.74) is 1.19. The fourth-order valence-electron chi connectivity index (χ4n) is 3.49. The number of carboxylic acid groups (broad SMARTS) is 1. The van der Waals surface area contributed by atoms with E-state index >= 15 is 0 Å². The van der Waals surface area contributed by atoms with E-state index in [1.165, 1.54) is 0 Å². The third kappa shape index (κ3) is 4.14. The molecule has 0 radical (unpaired) electrons. The lowest BCUT2D eigenvalue weighted by atomic mass is 9.98. The fraction of sp³-hybridized carbons (Fsp3) is 0.450. The van der Waals surface area contributed by atoms with Gasteiger partial charge in [0.15, 0.2) is 0 Å². The monoisotopic (exact) mass is 377 g/mol. The number of rotatable bonds is 7. The molecule has 6 atom stereocenters. The van der Waals surface area contributed by atoms with Crippen molar-refractivity contribution in [2.45, 2.75) is 44.0 Å². The number of aliphatic carboxylic acids is 1. The first-order valence-electron chi connectivity index (χ1n) is 8.94. The maximum Gasteiger partial charge on any atom is 0.323 e. The molecule has 142 valence electrons. The van der Waals surface area contributed by atoms with Crippen LogP contribution in [0.25, 0.3) is 0 Å². The SMILES string of the molecule is CNC(C(=O)O)[C@@H]1OC([SH]2C=CC(OC(C)c3ccccc3)=C2)C[C@H]1C. The highest BCUT2D eigenvalue weighted by Crippen LogP contribution is 2.49. The van der Waals surface area contributed by atoms with Crippen molar-refractivity contribution in [3.8, 4) is 0 Å². The number of ether oxygens (including phenoxy) is 2. The van der Waals surface area contributed by atoms with E-state index in [1.54, 1.807) is 7.05 Å². The van der Waals surface area contributed by atoms with Crippen LogP contribution in [-0.2, 0) is 14.3 Å². The molecule has 0 aliphatic carbocycles. The summed E-state index contributed by atoms with van der Waals surface area (Å²) in [7, 11) is 1.07. The van der Waals surface area contributed by atoms with Gasteiger partial charge < -0.3 is 19.9 Å². The number of allylic oxidation sites excluding steroid dienone is 1. The zero-order chi connectivity index (χ0) is 18.7. The third-order valence-electron chi connectivity index (χ3n) is 4.96. The zero-order valence-electron chi connectivity index (χ0n) is 15.3. The van der Waals surface area contributed by atoms with Gasteiger partial charge in [0.2, 0.25) is 0 Å². The molecule has 1 fully saturated rings. The zero-order valence-corrected chi connectivity index (χ0v) is 16.2. The first-order chi connectivity index (χ1) is 12.5. The molecule has 5 nitrogen and oxygen atoms in total. The van der Waals surface area contributed by atoms with Gasteiger partial charge in [-0.05, 0) is 48.8 Å². The summed E-state index contributed by atoms with van der Waals surface area (Å²) in [5, 5.41) is 16.5. The Morgan fingerprint density at radius 2 is 2.12 bits per heavy atom. The van der Waals surface area contributed by atoms with Gasteiger partial charge in [-0.3, -0.25) is 4.79 Å². The highest BCUT2D eigenvalue weighted by molar-refractivity contribution is 8.22. The molecule has 2 N–H and O–H groups in total. The van der Waals surface area contributed by atoms with Crippen molar-refractivity contribution in [1.29, 1.82) is 0 Å². The molecule has 6 heteroatoms. The van der Waals surface area contributed by atoms with Crippen LogP contribution in [0.5, 0.6) is 0 Å². The minimum Gasteiger partial charge on any atom is -0.486 e. The third-order valence-corrected chi connectivity index (χ3v) is 7.00. The molecule has 2 aliphatic heterocycles. The second-order valence-corrected chi connectivity index (χ2v) is 8.86. The predicted molar refractivity (Wildman–Crippen MR) is 105 cm³/mol. The van der Waals surface area contributed by atoms with Crippen LogP contribution < -0.4 is 5.32 Å². The van der Waals surface area contributed by atoms with E-state index in [-0.39, 0.29) is 23.6 Å². The maximum absolute atomic E-state index is 11.4. The molecule has 26 heavy (non-hydrogen) atoms. The lowest BCUT2D eigenvalue weighted by Gasteiger charge is -2.24. The van der Waals surface area contributed by atoms with Gasteiger partial charge in [-0.2, -0.15) is 10.9 Å². The molecule has 1 aromatic carbocycles. The van der Waals surface area contributed by atoms with Crippen molar-refractivity contribution in [2.24, 2.45) is 5.92 Å². The van der Waals surface area contributed by atoms with Crippen LogP contribution in [0.2, 0.25) is 0 Å². The van der Waals surface area contributed by atoms with E-state index in [9.17, 15) is 9.90 Å². The summed E-state index contributed by atoms with van der Waals surface area (Å²) in [5.74, 6) is 0.206. The maximum atomic E-state index is 11.4. The molecule has 0 aromatic heterocycles. The van der Waals surface area contributed by atoms with E-state index < -0.39 is 22.9 Å². The van der Waals surface area contributed by atoms with Gasteiger partial charge >= 0.3 is 5.97 Å². The Labute approximate surface area is 157 Å². The Kier molecular flexibility index (Phi) is 6.06. The quantitative estimate of drug-likeness (QED) is 0.634. The Morgan fingerprint density at radius 3 is 2.77 bits per heavy atom. The van der Waals surface area contributed by atoms with Crippen LogP contribution in [0.4, 0.5) is 0 Å². The van der Waals surface area contributed by atoms with Crippen molar-refractivity contribution in [1.82, 2.24) is 5.32 Å². The number of hydrogen-bond donors (Lipinski definition) is 3. The summed E-state index contributed by atoms with van der Waals surface area (Å²) in [6.45, 7) is 4.10. The van der Waals surface area contributed by atoms with Crippen LogP contribution in [0.3, 0.4) is 0 Å². The second kappa shape index (κ2) is 8.29. The number of carboxylic acids is 1. The molecule has 0 saturated carbocycles. The summed E-state index contributed by atoms with van der Waals surface area (Å²) >= 11 is 0. The van der Waals surface area contributed by atoms with Crippen molar-refractivity contribution in [3.05, 3.63) is 58.5 Å². The van der Waals surface area contributed by atoms with E-state index in [1.807, 2.05) is 31.2 Å². The molecular formula is C20H27NO4S. The van der Waals surface area contributed by atoms with E-state index in [2.05, 4.69) is 35.2 Å². The van der Waals surface area contributed by atoms with Gasteiger partial charge in [-0.1, -0.05) is 37.3 Å². The number of likely N-dealkylation sites (N-methyl/N-ethyl adjacent to an activating group) is 1. The Morgan fingerprint density at radius 1 is 1.38 bits per heavy atom. The number of benzene rings is 1. The lowest BCUT2D eigenvalue weighted by Crippen LogP contribution is -2.46. The van der Waals surface area contributed by atoms with Crippen LogP contribution in [-0.4, -0.2) is 35.7 Å². The first kappa shape index (κ1) is 19.0. The normalized spacial score (nSPS) is 31.4. The second-order valence-electron chi connectivity index (χ2n) is 6.84. The summed E-state index contributed by atoms with van der Waals surface area (Å²) in [6.07, 6.45) is 2.56. The smallest absolute Gasteiger partial charge is 0.323 e. The largest absolute Gasteiger partial charge is 0.486 e. The van der Waals surface area contributed by atoms with Crippen molar-refractivity contribution < 1.29 is 19.4 Å². The minimum atomic E-state index is -0.865. The van der Waals surface area contributed by atoms with Crippen molar-refractivity contribution in [3.63, 3.8) is 0 Å². The van der Waals surface area contributed by atoms with E-state index in [4.69, 9.17) is 9.47 Å². The Bertz CT molecular complexity index is 690. The molecule has 4 unspecified atom stereocenters. The molecule has 0 bridgehead atoms. The van der Waals surface area contributed by atoms with E-state index in [0.29, 0.717) is 0 Å². The highest BCUT2D eigenvalue weighted by atomic mass is 32.2. The van der Waals surface area contributed by atoms with Crippen molar-refractivity contribution in [2.75, 3.05) is 7.05 Å². The number of nitrogens with one attached hydrogen (secondary N) is 1. The molecule has 1 saturated heterocycles. The number of carbonyl (C=O) groups is 1. The summed E-state index contributed by atoms with van der Waals surface area (Å²) < 4.78 is 12.2. The highest BCUT2D eigenvalue weighted by Gasteiger charge is 2.41. The first-order valence-corrected chi connectivity index (χ1v) is 10.5. The van der Waals surface area contributed by atoms with Crippen LogP contribution in [0.1, 0.15) is 31.9 Å². The van der Waals surface area contributed by atoms with Gasteiger partial charge in [0, 0.05) is 0 Å². The number of hydrogen-bond acceptors (Lipinski definition) is 4. The summed E-state index contributed by atoms with van der Waals surface area (Å²) in [4.78, 5) is 11.4. The van der Waals surface area contributed by atoms with Crippen LogP contribution in [0.15, 0.2) is 53.0 Å². The van der Waals surface area contributed by atoms with Gasteiger partial charge in [-0.25, -0.2) is 0 Å². The standard InChI is InChI=1S/C20H27NO4S/c1-13-11-17(25-19(13)18(21-3)20(22)23)26-10-9-16(12-26)24-14(2)15-7-5-4-6-8-15/h4-10,12-14,17-19,21,26H,11H2,1-3H3,(H,22,23)/t13-,14?,17?,18?,19-/m1/s1. The van der Waals surface area contributed by atoms with Gasteiger partial charge in [0.25, 0.3) is 0 Å². The fourth-order valence-corrected chi connectivity index (χ4v) is 5.55.